The molecule has 0 aromatic carbocycles. The average molecular weight is 499 g/mol. The van der Waals surface area contributed by atoms with E-state index in [1.54, 1.807) is 5.57 Å². The van der Waals surface area contributed by atoms with E-state index in [0.717, 1.165) is 46.4 Å². The minimum atomic E-state index is -0.0776. The van der Waals surface area contributed by atoms with E-state index in [0.29, 0.717) is 10.8 Å². The van der Waals surface area contributed by atoms with Crippen molar-refractivity contribution in [1.29, 1.82) is 0 Å². The monoisotopic (exact) mass is 498 g/mol. The number of allylic oxidation sites excluding steroid dienone is 1. The molecule has 0 bridgehead atoms. The normalized spacial score (nSPS) is 46.5. The first-order valence-corrected chi connectivity index (χ1v) is 13.5. The van der Waals surface area contributed by atoms with Crippen LogP contribution in [0, 0.1) is 40.4 Å². The average Bonchev–Trinajstić information content (AvgIpc) is 2.99. The number of hydrogen-bond donors (Lipinski definition) is 1. The van der Waals surface area contributed by atoms with Gasteiger partial charge in [0.25, 0.3) is 0 Å². The van der Waals surface area contributed by atoms with E-state index < -0.39 is 0 Å². The number of halogens is 1. The minimum absolute atomic E-state index is 0.0776. The number of aliphatic hydroxyl groups is 1. The third kappa shape index (κ3) is 3.65. The Kier molecular flexibility index (Phi) is 6.32. The van der Waals surface area contributed by atoms with E-state index in [1.807, 2.05) is 0 Å². The van der Waals surface area contributed by atoms with Gasteiger partial charge in [-0.1, -0.05) is 74.8 Å². The second-order valence-electron chi connectivity index (χ2n) is 11.7. The fraction of sp³-hybridized carbons (Fsp3) is 0.923. The van der Waals surface area contributed by atoms with Gasteiger partial charge in [0.05, 0.1) is 6.10 Å². The van der Waals surface area contributed by atoms with Crippen LogP contribution in [0.25, 0.3) is 0 Å². The minimum Gasteiger partial charge on any atom is -0.393 e. The van der Waals surface area contributed by atoms with Crippen LogP contribution in [0.15, 0.2) is 11.6 Å². The Labute approximate surface area is 187 Å². The van der Waals surface area contributed by atoms with Gasteiger partial charge in [-0.05, 0) is 98.2 Å². The topological polar surface area (TPSA) is 20.2 Å². The predicted molar refractivity (Wildman–Crippen MR) is 128 cm³/mol. The zero-order valence-corrected chi connectivity index (χ0v) is 20.9. The first kappa shape index (κ1) is 21.7. The Balaban J connectivity index is 1.49. The standard InChI is InChI=1S/C26H43IO/c1-17(2)6-5-7-24(27)23-11-10-21-20-9-8-18-16-19(28)12-14-25(18,3)22(20)13-15-26(21,23)4/h8,17,19-24,28H,5-7,9-16H2,1-4H3/t19-,20?,21?,22?,23+,24+,25-,26-/m0/s1. The number of aliphatic hydroxyl groups excluding tert-OH is 1. The maximum Gasteiger partial charge on any atom is 0.0577 e. The molecule has 8 atom stereocenters. The van der Waals surface area contributed by atoms with Crippen LogP contribution >= 0.6 is 22.6 Å². The van der Waals surface area contributed by atoms with Gasteiger partial charge < -0.3 is 5.11 Å². The zero-order chi connectivity index (χ0) is 20.1. The van der Waals surface area contributed by atoms with Gasteiger partial charge in [-0.2, -0.15) is 0 Å². The van der Waals surface area contributed by atoms with Crippen LogP contribution in [-0.4, -0.2) is 15.1 Å². The molecule has 4 rings (SSSR count). The Bertz CT molecular complexity index is 597. The van der Waals surface area contributed by atoms with Crippen LogP contribution in [0.5, 0.6) is 0 Å². The van der Waals surface area contributed by atoms with E-state index >= 15 is 0 Å². The molecule has 0 radical (unpaired) electrons. The highest BCUT2D eigenvalue weighted by atomic mass is 127. The molecule has 1 N–H and O–H groups in total. The molecular formula is C26H43IO. The maximum atomic E-state index is 10.2. The summed E-state index contributed by atoms with van der Waals surface area (Å²) in [4.78, 5) is 0. The molecule has 4 aliphatic carbocycles. The van der Waals surface area contributed by atoms with Crippen molar-refractivity contribution in [2.24, 2.45) is 40.4 Å². The van der Waals surface area contributed by atoms with Crippen LogP contribution in [0.1, 0.15) is 98.3 Å². The number of alkyl halides is 1. The molecular weight excluding hydrogens is 455 g/mol. The Morgan fingerprint density at radius 2 is 1.86 bits per heavy atom. The molecule has 3 saturated carbocycles. The van der Waals surface area contributed by atoms with Crippen molar-refractivity contribution in [1.82, 2.24) is 0 Å². The Morgan fingerprint density at radius 1 is 1.07 bits per heavy atom. The highest BCUT2D eigenvalue weighted by Crippen LogP contribution is 2.67. The molecule has 0 aromatic rings. The van der Waals surface area contributed by atoms with E-state index in [9.17, 15) is 5.11 Å². The van der Waals surface area contributed by atoms with Crippen molar-refractivity contribution < 1.29 is 5.11 Å². The lowest BCUT2D eigenvalue weighted by Crippen LogP contribution is -2.51. The van der Waals surface area contributed by atoms with Gasteiger partial charge in [-0.25, -0.2) is 0 Å². The van der Waals surface area contributed by atoms with Gasteiger partial charge >= 0.3 is 0 Å². The fourth-order valence-corrected chi connectivity index (χ4v) is 9.82. The highest BCUT2D eigenvalue weighted by Gasteiger charge is 2.59. The third-order valence-electron chi connectivity index (χ3n) is 9.85. The van der Waals surface area contributed by atoms with Crippen LogP contribution in [0.3, 0.4) is 0 Å². The Morgan fingerprint density at radius 3 is 2.61 bits per heavy atom. The quantitative estimate of drug-likeness (QED) is 0.236. The molecule has 0 aromatic heterocycles. The molecule has 0 aliphatic heterocycles. The summed E-state index contributed by atoms with van der Waals surface area (Å²) in [5.41, 5.74) is 2.59. The summed E-state index contributed by atoms with van der Waals surface area (Å²) in [6, 6.07) is 0. The maximum absolute atomic E-state index is 10.2. The molecule has 0 heterocycles. The smallest absolute Gasteiger partial charge is 0.0577 e. The molecule has 3 fully saturated rings. The summed E-state index contributed by atoms with van der Waals surface area (Å²) >= 11 is 2.83. The van der Waals surface area contributed by atoms with Crippen molar-refractivity contribution in [3.05, 3.63) is 11.6 Å². The SMILES string of the molecule is CC(C)CCC[C@@H](I)[C@H]1CCC2C3CC=C4C[C@@H](O)CC[C@]4(C)C3CC[C@@]21C. The first-order chi connectivity index (χ1) is 13.3. The number of fused-ring (bicyclic) bond motifs is 5. The van der Waals surface area contributed by atoms with E-state index in [2.05, 4.69) is 56.4 Å². The molecule has 0 amide bonds. The van der Waals surface area contributed by atoms with Gasteiger partial charge in [0.1, 0.15) is 0 Å². The van der Waals surface area contributed by atoms with Gasteiger partial charge in [-0.3, -0.25) is 0 Å². The molecule has 0 spiro atoms. The summed E-state index contributed by atoms with van der Waals surface area (Å²) in [6.45, 7) is 9.98. The number of rotatable bonds is 5. The van der Waals surface area contributed by atoms with Crippen molar-refractivity contribution in [2.75, 3.05) is 0 Å². The van der Waals surface area contributed by atoms with Gasteiger partial charge in [0.2, 0.25) is 0 Å². The largest absolute Gasteiger partial charge is 0.393 e. The zero-order valence-electron chi connectivity index (χ0n) is 18.7. The lowest BCUT2D eigenvalue weighted by Gasteiger charge is -2.58. The second-order valence-corrected chi connectivity index (χ2v) is 13.3. The molecule has 1 nitrogen and oxygen atoms in total. The third-order valence-corrected chi connectivity index (χ3v) is 11.3. The lowest BCUT2D eigenvalue weighted by atomic mass is 9.47. The van der Waals surface area contributed by atoms with Gasteiger partial charge in [0.15, 0.2) is 0 Å². The fourth-order valence-electron chi connectivity index (χ4n) is 8.20. The van der Waals surface area contributed by atoms with Crippen molar-refractivity contribution >= 4 is 22.6 Å². The number of hydrogen-bond acceptors (Lipinski definition) is 1. The molecule has 28 heavy (non-hydrogen) atoms. The van der Waals surface area contributed by atoms with Gasteiger partial charge in [-0.15, -0.1) is 0 Å². The Hall–Kier alpha value is 0.430. The highest BCUT2D eigenvalue weighted by molar-refractivity contribution is 14.1. The summed E-state index contributed by atoms with van der Waals surface area (Å²) < 4.78 is 0.873. The van der Waals surface area contributed by atoms with Crippen LogP contribution in [0.4, 0.5) is 0 Å². The second kappa shape index (κ2) is 8.17. The summed E-state index contributed by atoms with van der Waals surface area (Å²) in [7, 11) is 0. The van der Waals surface area contributed by atoms with Crippen LogP contribution in [-0.2, 0) is 0 Å². The molecule has 2 heteroatoms. The van der Waals surface area contributed by atoms with Crippen LogP contribution in [0.2, 0.25) is 0 Å². The summed E-state index contributed by atoms with van der Waals surface area (Å²) in [5, 5.41) is 10.2. The predicted octanol–water partition coefficient (Wildman–Crippen LogP) is 7.56. The molecule has 160 valence electrons. The summed E-state index contributed by atoms with van der Waals surface area (Å²) in [6.07, 6.45) is 17.1. The van der Waals surface area contributed by atoms with E-state index in [4.69, 9.17) is 0 Å². The molecule has 3 unspecified atom stereocenters. The van der Waals surface area contributed by atoms with Crippen molar-refractivity contribution in [3.63, 3.8) is 0 Å². The van der Waals surface area contributed by atoms with Crippen LogP contribution < -0.4 is 0 Å². The van der Waals surface area contributed by atoms with E-state index in [-0.39, 0.29) is 6.10 Å². The first-order valence-electron chi connectivity index (χ1n) is 12.3. The van der Waals surface area contributed by atoms with Crippen molar-refractivity contribution in [2.45, 2.75) is 108 Å². The van der Waals surface area contributed by atoms with Crippen molar-refractivity contribution in [3.8, 4) is 0 Å². The van der Waals surface area contributed by atoms with Gasteiger partial charge in [0, 0.05) is 3.92 Å². The molecule has 4 aliphatic rings. The summed E-state index contributed by atoms with van der Waals surface area (Å²) in [5.74, 6) is 4.53. The van der Waals surface area contributed by atoms with E-state index in [1.165, 1.54) is 57.8 Å². The lowest BCUT2D eigenvalue weighted by molar-refractivity contribution is -0.0495. The molecule has 0 saturated heterocycles.